The second-order valence-electron chi connectivity index (χ2n) is 28.5. The van der Waals surface area contributed by atoms with Crippen molar-refractivity contribution in [3.8, 4) is 0 Å². The number of likely N-dealkylation sites (tertiary alicyclic amines) is 5. The molecule has 8 N–H and O–H groups in total. The Morgan fingerprint density at radius 1 is 0.471 bits per heavy atom. The Labute approximate surface area is 515 Å². The predicted molar refractivity (Wildman–Crippen MR) is 325 cm³/mol. The van der Waals surface area contributed by atoms with Gasteiger partial charge in [-0.05, 0) is 143 Å². The van der Waals surface area contributed by atoms with Gasteiger partial charge in [0.05, 0.1) is 13.1 Å². The number of urea groups is 3. The normalized spacial score (nSPS) is 33.3. The van der Waals surface area contributed by atoms with Crippen LogP contribution in [0.3, 0.4) is 0 Å². The Hall–Kier alpha value is -5.53. The molecule has 6 saturated carbocycles. The lowest BCUT2D eigenvalue weighted by molar-refractivity contribution is -0.165. The molecule has 11 rings (SSSR count). The van der Waals surface area contributed by atoms with Crippen molar-refractivity contribution in [1.29, 1.82) is 0 Å². The van der Waals surface area contributed by atoms with E-state index in [4.69, 9.17) is 39.3 Å². The molecule has 87 heavy (non-hydrogen) atoms. The summed E-state index contributed by atoms with van der Waals surface area (Å²) in [5, 5.41) is 40.0. The molecule has 13 atom stereocenters. The Kier molecular flexibility index (Phi) is 22.4. The van der Waals surface area contributed by atoms with E-state index in [9.17, 15) is 33.6 Å². The summed E-state index contributed by atoms with van der Waals surface area (Å²) in [5.74, 6) is 2.07. The topological polar surface area (TPSA) is 285 Å². The minimum absolute atomic E-state index is 0.0298. The number of aliphatic hydroxyl groups excluding tert-OH is 2. The van der Waals surface area contributed by atoms with E-state index < -0.39 is 24.1 Å². The third kappa shape index (κ3) is 15.4. The SMILES string of the molecule is CN(C)C(=O)N1C[C@@H]2CC(N)(C3CCCC3)C[C@@H]2C1.O=C(O)C(O)C(O)C(=O)O.[C-]#[N+][C@@H]1CCCN1C(=O)CNC1(C2CCCC2)C[C@H]2CN(C(=O)N(C)C)C[C@H]2C1.[C-]#[N+][C@@H]1CCCN1C(=O)CNC1(C2CCCC2)C[C@H]2CN(C(=O)N(C)C)C[C@H]2C1. The van der Waals surface area contributed by atoms with Gasteiger partial charge in [0.2, 0.25) is 11.8 Å². The highest BCUT2D eigenvalue weighted by Crippen LogP contribution is 2.53. The van der Waals surface area contributed by atoms with E-state index >= 15 is 0 Å². The molecule has 6 aliphatic carbocycles. The smallest absolute Gasteiger partial charge is 0.335 e. The van der Waals surface area contributed by atoms with Crippen molar-refractivity contribution in [3.05, 3.63) is 22.8 Å². The number of aliphatic hydroxyl groups is 2. The summed E-state index contributed by atoms with van der Waals surface area (Å²) in [7, 11) is 11.0. The molecule has 0 aromatic heterocycles. The van der Waals surface area contributed by atoms with Gasteiger partial charge in [-0.3, -0.25) is 29.1 Å². The molecule has 5 aliphatic heterocycles. The second-order valence-corrected chi connectivity index (χ2v) is 28.5. The number of nitrogens with two attached hydrogens (primary N) is 1. The average Bonchev–Trinajstić information content (AvgIpc) is 1.66. The van der Waals surface area contributed by atoms with Gasteiger partial charge in [-0.1, -0.05) is 38.5 Å². The van der Waals surface area contributed by atoms with Gasteiger partial charge in [-0.25, -0.2) is 37.1 Å². The number of carboxylic acid groups (broad SMARTS) is 2. The Balaban J connectivity index is 0.000000160. The Bertz CT molecular complexity index is 2350. The molecule has 0 radical (unpaired) electrons. The number of aliphatic carboxylic acids is 2. The summed E-state index contributed by atoms with van der Waals surface area (Å²) in [4.78, 5) is 104. The third-order valence-corrected chi connectivity index (χ3v) is 22.3. The third-order valence-electron chi connectivity index (χ3n) is 22.3. The maximum atomic E-state index is 12.9. The molecule has 0 bridgehead atoms. The summed E-state index contributed by atoms with van der Waals surface area (Å²) in [6, 6.07) is 0.402. The molecular weight excluding hydrogens is 1110 g/mol. The number of carbonyl (C=O) groups is 7. The van der Waals surface area contributed by atoms with E-state index in [1.807, 2.05) is 57.0 Å². The van der Waals surface area contributed by atoms with Crippen molar-refractivity contribution in [3.63, 3.8) is 0 Å². The van der Waals surface area contributed by atoms with Crippen LogP contribution in [0.4, 0.5) is 14.4 Å². The standard InChI is InChI=1S/2C22H35N5O2.C15H27N3O.C4H6O6/c2*1-23-19-9-6-10-27(19)20(28)13-24-22(18-7-4-5-8-18)11-16-14-26(15-17(16)12-22)21(29)25(2)3;1-17(2)14(19)18-9-11-7-15(16,8-12(11)10-18)13-5-3-4-6-13;5-1(3(7)8)2(6)4(9)10/h2*16-19,24H,4-15H2,2-3H3;11-13H,3-10,16H2,1-2H3;1-2,5-6H,(H,7,8)(H,9,10)/t2*16-,17+,19-,22?;11-,12+,15?;/m00../s1. The monoisotopic (exact) mass is 1220 g/mol. The van der Waals surface area contributed by atoms with E-state index in [-0.39, 0.29) is 58.9 Å². The van der Waals surface area contributed by atoms with Gasteiger partial charge in [-0.2, -0.15) is 0 Å². The molecule has 11 fully saturated rings. The average molecular weight is 1220 g/mol. The molecule has 8 amide bonds. The molecule has 24 heteroatoms. The van der Waals surface area contributed by atoms with Crippen LogP contribution in [0, 0.1) is 66.4 Å². The maximum Gasteiger partial charge on any atom is 0.335 e. The molecule has 0 spiro atoms. The lowest BCUT2D eigenvalue weighted by Crippen LogP contribution is -2.54. The van der Waals surface area contributed by atoms with E-state index in [0.717, 1.165) is 122 Å². The number of fused-ring (bicyclic) bond motifs is 3. The van der Waals surface area contributed by atoms with Crippen LogP contribution < -0.4 is 16.4 Å². The minimum atomic E-state index is -2.27. The number of nitrogens with one attached hydrogen (secondary N) is 2. The molecule has 0 aromatic carbocycles. The van der Waals surface area contributed by atoms with E-state index in [0.29, 0.717) is 60.4 Å². The second kappa shape index (κ2) is 29.0. The summed E-state index contributed by atoms with van der Waals surface area (Å²) in [5.41, 5.74) is 6.86. The molecule has 5 unspecified atom stereocenters. The quantitative estimate of drug-likeness (QED) is 0.132. The molecular formula is C63H103N13O11. The van der Waals surface area contributed by atoms with Crippen molar-refractivity contribution in [1.82, 2.24) is 49.8 Å². The number of hydrogen-bond acceptors (Lipinski definition) is 12. The molecule has 11 aliphatic rings. The van der Waals surface area contributed by atoms with Crippen molar-refractivity contribution < 1.29 is 54.0 Å². The number of carbonyl (C=O) groups excluding carboxylic acids is 5. The predicted octanol–water partition coefficient (Wildman–Crippen LogP) is 4.57. The van der Waals surface area contributed by atoms with Crippen LogP contribution in [0.15, 0.2) is 0 Å². The lowest BCUT2D eigenvalue weighted by atomic mass is 9.79. The Morgan fingerprint density at radius 2 is 0.747 bits per heavy atom. The van der Waals surface area contributed by atoms with E-state index in [1.165, 1.54) is 77.0 Å². The fraction of sp³-hybridized carbons (Fsp3) is 0.857. The summed E-state index contributed by atoms with van der Waals surface area (Å²) in [6.45, 7) is 22.0. The fourth-order valence-corrected chi connectivity index (χ4v) is 18.0. The number of amides is 8. The van der Waals surface area contributed by atoms with Crippen LogP contribution in [0.5, 0.6) is 0 Å². The Morgan fingerprint density at radius 3 is 1.01 bits per heavy atom. The van der Waals surface area contributed by atoms with Crippen LogP contribution in [-0.2, 0) is 19.2 Å². The zero-order valence-corrected chi connectivity index (χ0v) is 52.8. The van der Waals surface area contributed by atoms with E-state index in [1.54, 1.807) is 24.5 Å². The van der Waals surface area contributed by atoms with Crippen LogP contribution >= 0.6 is 0 Å². The first kappa shape index (κ1) is 67.4. The van der Waals surface area contributed by atoms with Crippen LogP contribution in [0.25, 0.3) is 9.69 Å². The van der Waals surface area contributed by atoms with Gasteiger partial charge >= 0.3 is 42.4 Å². The molecule has 486 valence electrons. The molecule has 0 aromatic rings. The van der Waals surface area contributed by atoms with Gasteiger partial charge < -0.3 is 66.2 Å². The van der Waals surface area contributed by atoms with Crippen LogP contribution in [-0.4, -0.2) is 250 Å². The zero-order chi connectivity index (χ0) is 63.1. The lowest BCUT2D eigenvalue weighted by Gasteiger charge is -2.39. The van der Waals surface area contributed by atoms with Gasteiger partial charge in [0.15, 0.2) is 12.2 Å². The fourth-order valence-electron chi connectivity index (χ4n) is 18.0. The largest absolute Gasteiger partial charge is 0.479 e. The van der Waals surface area contributed by atoms with Gasteiger partial charge in [0.1, 0.15) is 0 Å². The molecule has 24 nitrogen and oxygen atoms in total. The minimum Gasteiger partial charge on any atom is -0.479 e. The number of nitrogens with zero attached hydrogens (tertiary/aromatic N) is 10. The number of carboxylic acids is 2. The zero-order valence-electron chi connectivity index (χ0n) is 52.8. The molecule has 5 heterocycles. The first-order valence-corrected chi connectivity index (χ1v) is 32.6. The summed E-state index contributed by atoms with van der Waals surface area (Å²) >= 11 is 0. The van der Waals surface area contributed by atoms with Crippen molar-refractivity contribution >= 4 is 41.8 Å². The highest BCUT2D eigenvalue weighted by molar-refractivity contribution is 5.83. The number of rotatable bonds is 12. The van der Waals surface area contributed by atoms with Gasteiger partial charge in [0, 0.05) is 124 Å². The number of hydrogen-bond donors (Lipinski definition) is 7. The van der Waals surface area contributed by atoms with Crippen molar-refractivity contribution in [2.75, 3.05) is 108 Å². The van der Waals surface area contributed by atoms with E-state index in [2.05, 4.69) is 20.3 Å². The van der Waals surface area contributed by atoms with Crippen molar-refractivity contribution in [2.45, 2.75) is 182 Å². The maximum absolute atomic E-state index is 12.9. The first-order valence-electron chi connectivity index (χ1n) is 32.6. The van der Waals surface area contributed by atoms with Gasteiger partial charge in [-0.15, -0.1) is 0 Å². The van der Waals surface area contributed by atoms with Crippen molar-refractivity contribution in [2.24, 2.45) is 59.0 Å². The highest BCUT2D eigenvalue weighted by atomic mass is 16.4. The summed E-state index contributed by atoms with van der Waals surface area (Å²) in [6.07, 6.45) is 20.5. The highest BCUT2D eigenvalue weighted by Gasteiger charge is 2.56. The summed E-state index contributed by atoms with van der Waals surface area (Å²) < 4.78 is 0. The van der Waals surface area contributed by atoms with Crippen LogP contribution in [0.2, 0.25) is 0 Å². The molecule has 5 saturated heterocycles. The van der Waals surface area contributed by atoms with Crippen LogP contribution in [0.1, 0.15) is 141 Å². The first-order chi connectivity index (χ1) is 41.3. The van der Waals surface area contributed by atoms with Gasteiger partial charge in [0.25, 0.3) is 0 Å².